The molecule has 0 amide bonds. The van der Waals surface area contributed by atoms with Gasteiger partial charge in [-0.1, -0.05) is 30.3 Å². The Kier molecular flexibility index (Phi) is 5.96. The number of hydrogen-bond acceptors (Lipinski definition) is 3. The van der Waals surface area contributed by atoms with Gasteiger partial charge in [0, 0.05) is 12.8 Å². The van der Waals surface area contributed by atoms with Crippen molar-refractivity contribution in [3.8, 4) is 0 Å². The average Bonchev–Trinajstić information content (AvgIpc) is 2.33. The van der Waals surface area contributed by atoms with Gasteiger partial charge in [-0.3, -0.25) is 9.59 Å². The van der Waals surface area contributed by atoms with E-state index in [1.807, 2.05) is 30.3 Å². The van der Waals surface area contributed by atoms with Crippen molar-refractivity contribution in [1.29, 1.82) is 0 Å². The van der Waals surface area contributed by atoms with Gasteiger partial charge in [0.2, 0.25) is 0 Å². The highest BCUT2D eigenvalue weighted by Gasteiger charge is 2.05. The zero-order valence-electron chi connectivity index (χ0n) is 9.59. The van der Waals surface area contributed by atoms with Crippen LogP contribution < -0.4 is 0 Å². The monoisotopic (exact) mass is 236 g/mol. The molecular weight excluding hydrogens is 220 g/mol. The SMILES string of the molecule is O=C(O)CCC(=O)CCOCc1ccccc1. The molecule has 0 aliphatic rings. The van der Waals surface area contributed by atoms with Crippen molar-refractivity contribution in [2.45, 2.75) is 25.9 Å². The van der Waals surface area contributed by atoms with Crippen LogP contribution in [0.3, 0.4) is 0 Å². The first-order valence-electron chi connectivity index (χ1n) is 5.53. The van der Waals surface area contributed by atoms with Crippen molar-refractivity contribution in [3.63, 3.8) is 0 Å². The lowest BCUT2D eigenvalue weighted by Crippen LogP contribution is -2.06. The van der Waals surface area contributed by atoms with Gasteiger partial charge in [-0.25, -0.2) is 0 Å². The molecule has 0 radical (unpaired) electrons. The summed E-state index contributed by atoms with van der Waals surface area (Å²) in [6.07, 6.45) is 0.266. The lowest BCUT2D eigenvalue weighted by atomic mass is 10.2. The van der Waals surface area contributed by atoms with Gasteiger partial charge in [0.1, 0.15) is 5.78 Å². The molecule has 4 heteroatoms. The van der Waals surface area contributed by atoms with Gasteiger partial charge in [-0.2, -0.15) is 0 Å². The molecular formula is C13H16O4. The van der Waals surface area contributed by atoms with Gasteiger partial charge in [0.25, 0.3) is 0 Å². The largest absolute Gasteiger partial charge is 0.481 e. The first-order chi connectivity index (χ1) is 8.18. The number of carboxylic acid groups (broad SMARTS) is 1. The second kappa shape index (κ2) is 7.57. The standard InChI is InChI=1S/C13H16O4/c14-12(6-7-13(15)16)8-9-17-10-11-4-2-1-3-5-11/h1-5H,6-10H2,(H,15,16). The first kappa shape index (κ1) is 13.4. The fraction of sp³-hybridized carbons (Fsp3) is 0.385. The number of aliphatic carboxylic acids is 1. The molecule has 0 saturated carbocycles. The highest BCUT2D eigenvalue weighted by molar-refractivity contribution is 5.82. The maximum absolute atomic E-state index is 11.2. The van der Waals surface area contributed by atoms with Crippen LogP contribution in [0.2, 0.25) is 0 Å². The van der Waals surface area contributed by atoms with E-state index in [1.165, 1.54) is 0 Å². The maximum Gasteiger partial charge on any atom is 0.303 e. The molecule has 1 rings (SSSR count). The molecule has 0 aromatic heterocycles. The van der Waals surface area contributed by atoms with E-state index in [0.29, 0.717) is 13.2 Å². The van der Waals surface area contributed by atoms with Gasteiger partial charge < -0.3 is 9.84 Å². The Balaban J connectivity index is 2.08. The van der Waals surface area contributed by atoms with E-state index in [-0.39, 0.29) is 25.0 Å². The Morgan fingerprint density at radius 1 is 1.06 bits per heavy atom. The molecule has 0 bridgehead atoms. The van der Waals surface area contributed by atoms with Gasteiger partial charge in [0.15, 0.2) is 0 Å². The smallest absolute Gasteiger partial charge is 0.303 e. The molecule has 0 fully saturated rings. The minimum atomic E-state index is -0.941. The topological polar surface area (TPSA) is 63.6 Å². The molecule has 0 aliphatic heterocycles. The summed E-state index contributed by atoms with van der Waals surface area (Å²) in [5, 5.41) is 8.40. The highest BCUT2D eigenvalue weighted by atomic mass is 16.5. The lowest BCUT2D eigenvalue weighted by Gasteiger charge is -2.03. The molecule has 0 atom stereocenters. The lowest BCUT2D eigenvalue weighted by molar-refractivity contribution is -0.138. The molecule has 17 heavy (non-hydrogen) atoms. The normalized spacial score (nSPS) is 10.1. The predicted molar refractivity (Wildman–Crippen MR) is 62.6 cm³/mol. The van der Waals surface area contributed by atoms with E-state index >= 15 is 0 Å². The number of carbonyl (C=O) groups is 2. The van der Waals surface area contributed by atoms with E-state index in [1.54, 1.807) is 0 Å². The molecule has 92 valence electrons. The fourth-order valence-electron chi connectivity index (χ4n) is 1.32. The third kappa shape index (κ3) is 6.48. The summed E-state index contributed by atoms with van der Waals surface area (Å²) in [7, 11) is 0. The predicted octanol–water partition coefficient (Wildman–Crippen LogP) is 2.03. The summed E-state index contributed by atoms with van der Waals surface area (Å²) in [6, 6.07) is 9.69. The van der Waals surface area contributed by atoms with Crippen LogP contribution >= 0.6 is 0 Å². The Morgan fingerprint density at radius 3 is 2.41 bits per heavy atom. The minimum absolute atomic E-state index is 0.0690. The van der Waals surface area contributed by atoms with Crippen LogP contribution in [0, 0.1) is 0 Å². The first-order valence-corrected chi connectivity index (χ1v) is 5.53. The molecule has 0 spiro atoms. The molecule has 1 aromatic carbocycles. The third-order valence-electron chi connectivity index (χ3n) is 2.25. The summed E-state index contributed by atoms with van der Waals surface area (Å²) >= 11 is 0. The van der Waals surface area contributed by atoms with Crippen molar-refractivity contribution in [3.05, 3.63) is 35.9 Å². The van der Waals surface area contributed by atoms with Crippen LogP contribution in [0.5, 0.6) is 0 Å². The van der Waals surface area contributed by atoms with Crippen LogP contribution in [0.4, 0.5) is 0 Å². The van der Waals surface area contributed by atoms with Gasteiger partial charge >= 0.3 is 5.97 Å². The Hall–Kier alpha value is -1.68. The summed E-state index contributed by atoms with van der Waals surface area (Å²) < 4.78 is 5.33. The van der Waals surface area contributed by atoms with Crippen molar-refractivity contribution in [1.82, 2.24) is 0 Å². The molecule has 1 N–H and O–H groups in total. The van der Waals surface area contributed by atoms with Crippen molar-refractivity contribution >= 4 is 11.8 Å². The Morgan fingerprint density at radius 2 is 1.76 bits per heavy atom. The average molecular weight is 236 g/mol. The Labute approximate surface area is 100 Å². The van der Waals surface area contributed by atoms with Gasteiger partial charge in [0.05, 0.1) is 19.6 Å². The van der Waals surface area contributed by atoms with E-state index in [0.717, 1.165) is 5.56 Å². The second-order valence-electron chi connectivity index (χ2n) is 3.72. The van der Waals surface area contributed by atoms with Gasteiger partial charge in [-0.15, -0.1) is 0 Å². The molecule has 1 aromatic rings. The molecule has 4 nitrogen and oxygen atoms in total. The quantitative estimate of drug-likeness (QED) is 0.701. The maximum atomic E-state index is 11.2. The minimum Gasteiger partial charge on any atom is -0.481 e. The summed E-state index contributed by atoms with van der Waals surface area (Å²) in [5.74, 6) is -1.01. The van der Waals surface area contributed by atoms with E-state index in [2.05, 4.69) is 0 Å². The summed E-state index contributed by atoms with van der Waals surface area (Å²) in [4.78, 5) is 21.5. The van der Waals surface area contributed by atoms with E-state index < -0.39 is 5.97 Å². The molecule has 0 aliphatic carbocycles. The number of benzene rings is 1. The van der Waals surface area contributed by atoms with Crippen molar-refractivity contribution in [2.24, 2.45) is 0 Å². The van der Waals surface area contributed by atoms with Crippen LogP contribution in [0.1, 0.15) is 24.8 Å². The zero-order valence-corrected chi connectivity index (χ0v) is 9.59. The van der Waals surface area contributed by atoms with Crippen molar-refractivity contribution in [2.75, 3.05) is 6.61 Å². The number of rotatable bonds is 8. The molecule has 0 saturated heterocycles. The number of Topliss-reactive ketones (excluding diaryl/α,β-unsaturated/α-hetero) is 1. The van der Waals surface area contributed by atoms with Crippen LogP contribution in [-0.4, -0.2) is 23.5 Å². The molecule has 0 unspecified atom stereocenters. The Bertz CT molecular complexity index is 359. The second-order valence-corrected chi connectivity index (χ2v) is 3.72. The van der Waals surface area contributed by atoms with E-state index in [4.69, 9.17) is 9.84 Å². The van der Waals surface area contributed by atoms with Crippen LogP contribution in [0.15, 0.2) is 30.3 Å². The van der Waals surface area contributed by atoms with Crippen LogP contribution in [0.25, 0.3) is 0 Å². The molecule has 0 heterocycles. The van der Waals surface area contributed by atoms with E-state index in [9.17, 15) is 9.59 Å². The number of ketones is 1. The van der Waals surface area contributed by atoms with Gasteiger partial charge in [-0.05, 0) is 5.56 Å². The number of carboxylic acids is 1. The van der Waals surface area contributed by atoms with Crippen molar-refractivity contribution < 1.29 is 19.4 Å². The van der Waals surface area contributed by atoms with Crippen LogP contribution in [-0.2, 0) is 20.9 Å². The number of carbonyl (C=O) groups excluding carboxylic acids is 1. The highest BCUT2D eigenvalue weighted by Crippen LogP contribution is 2.02. The number of ether oxygens (including phenoxy) is 1. The number of hydrogen-bond donors (Lipinski definition) is 1. The summed E-state index contributed by atoms with van der Waals surface area (Å²) in [5.41, 5.74) is 1.06. The third-order valence-corrected chi connectivity index (χ3v) is 2.25. The zero-order chi connectivity index (χ0) is 12.5. The summed E-state index contributed by atoms with van der Waals surface area (Å²) in [6.45, 7) is 0.820. The fourth-order valence-corrected chi connectivity index (χ4v) is 1.32.